The minimum atomic E-state index is -1.18. The Hall–Kier alpha value is -3.72. The summed E-state index contributed by atoms with van der Waals surface area (Å²) < 4.78 is 5.77. The topological polar surface area (TPSA) is 116 Å². The van der Waals surface area contributed by atoms with Crippen molar-refractivity contribution in [2.24, 2.45) is 5.92 Å². The molecule has 0 bridgehead atoms. The van der Waals surface area contributed by atoms with Crippen molar-refractivity contribution in [3.63, 3.8) is 0 Å². The quantitative estimate of drug-likeness (QED) is 0.570. The Morgan fingerprint density at radius 1 is 1.03 bits per heavy atom. The second-order valence-corrected chi connectivity index (χ2v) is 9.91. The number of amides is 3. The molecule has 2 heterocycles. The van der Waals surface area contributed by atoms with Crippen molar-refractivity contribution in [2.45, 2.75) is 51.4 Å². The fourth-order valence-electron chi connectivity index (χ4n) is 5.11. The molecule has 2 N–H and O–H groups in total. The number of aromatic carboxylic acids is 1. The van der Waals surface area contributed by atoms with Crippen molar-refractivity contribution in [3.05, 3.63) is 59.2 Å². The molecular formula is C27H29N3O6. The molecule has 0 aromatic heterocycles. The van der Waals surface area contributed by atoms with Gasteiger partial charge in [-0.05, 0) is 56.5 Å². The number of fused-ring (bicyclic) bond motifs is 1. The Morgan fingerprint density at radius 3 is 2.19 bits per heavy atom. The van der Waals surface area contributed by atoms with Gasteiger partial charge in [0.2, 0.25) is 5.91 Å². The third kappa shape index (κ3) is 4.58. The number of carboxylic acids is 1. The average Bonchev–Trinajstić information content (AvgIpc) is 3.63. The first-order valence-electron chi connectivity index (χ1n) is 12.3. The van der Waals surface area contributed by atoms with Gasteiger partial charge in [-0.2, -0.15) is 0 Å². The summed E-state index contributed by atoms with van der Waals surface area (Å²) in [6.07, 6.45) is 2.21. The minimum absolute atomic E-state index is 0.00393. The van der Waals surface area contributed by atoms with Crippen molar-refractivity contribution in [3.8, 4) is 0 Å². The van der Waals surface area contributed by atoms with Crippen molar-refractivity contribution in [1.82, 2.24) is 4.90 Å². The monoisotopic (exact) mass is 491 g/mol. The van der Waals surface area contributed by atoms with Crippen LogP contribution in [0.2, 0.25) is 0 Å². The molecule has 0 spiro atoms. The van der Waals surface area contributed by atoms with E-state index in [9.17, 15) is 24.3 Å². The maximum Gasteiger partial charge on any atom is 0.337 e. The molecule has 3 atom stereocenters. The number of hydrogen-bond acceptors (Lipinski definition) is 6. The summed E-state index contributed by atoms with van der Waals surface area (Å²) in [5, 5.41) is 12.6. The van der Waals surface area contributed by atoms with Crippen LogP contribution in [0.3, 0.4) is 0 Å². The smallest absolute Gasteiger partial charge is 0.337 e. The molecule has 36 heavy (non-hydrogen) atoms. The van der Waals surface area contributed by atoms with Gasteiger partial charge in [0.05, 0.1) is 34.6 Å². The minimum Gasteiger partial charge on any atom is -0.478 e. The van der Waals surface area contributed by atoms with Gasteiger partial charge in [-0.15, -0.1) is 0 Å². The van der Waals surface area contributed by atoms with Gasteiger partial charge in [-0.25, -0.2) is 4.79 Å². The lowest BCUT2D eigenvalue weighted by atomic mass is 10.1. The summed E-state index contributed by atoms with van der Waals surface area (Å²) >= 11 is 0. The number of imide groups is 1. The van der Waals surface area contributed by atoms with Gasteiger partial charge in [0.1, 0.15) is 6.04 Å². The highest BCUT2D eigenvalue weighted by atomic mass is 16.5. The number of nitrogens with one attached hydrogen (secondary N) is 1. The Labute approximate surface area is 209 Å². The second-order valence-electron chi connectivity index (χ2n) is 9.91. The van der Waals surface area contributed by atoms with E-state index in [0.717, 1.165) is 23.4 Å². The summed E-state index contributed by atoms with van der Waals surface area (Å²) in [4.78, 5) is 54.8. The molecule has 3 aliphatic rings. The number of carbonyl (C=O) groups excluding carboxylic acids is 3. The molecule has 5 rings (SSSR count). The average molecular weight is 492 g/mol. The van der Waals surface area contributed by atoms with E-state index in [2.05, 4.69) is 10.2 Å². The number of hydrogen-bond donors (Lipinski definition) is 2. The highest BCUT2D eigenvalue weighted by Gasteiger charge is 2.44. The van der Waals surface area contributed by atoms with E-state index in [4.69, 9.17) is 4.74 Å². The van der Waals surface area contributed by atoms with Crippen LogP contribution in [0.5, 0.6) is 0 Å². The SMILES string of the molecule is CC1CN(c2ccc(NC(=O)[C@H](CC3CC3)N3C(=O)c4ccccc4C3=O)c(C(=O)O)c2)C[C@H](C)O1. The molecule has 1 saturated heterocycles. The van der Waals surface area contributed by atoms with E-state index in [0.29, 0.717) is 19.5 Å². The summed E-state index contributed by atoms with van der Waals surface area (Å²) in [7, 11) is 0. The molecule has 1 unspecified atom stereocenters. The Kier molecular flexibility index (Phi) is 6.26. The van der Waals surface area contributed by atoms with Crippen molar-refractivity contribution in [1.29, 1.82) is 0 Å². The number of carboxylic acid groups (broad SMARTS) is 1. The van der Waals surface area contributed by atoms with Crippen LogP contribution in [0.15, 0.2) is 42.5 Å². The van der Waals surface area contributed by atoms with E-state index in [1.54, 1.807) is 42.5 Å². The number of morpholine rings is 1. The number of anilines is 2. The summed E-state index contributed by atoms with van der Waals surface area (Å²) in [6.45, 7) is 5.18. The van der Waals surface area contributed by atoms with Crippen LogP contribution in [0.1, 0.15) is 64.2 Å². The van der Waals surface area contributed by atoms with E-state index >= 15 is 0 Å². The standard InChI is InChI=1S/C27H29N3O6/c1-15-13-29(14-16(2)36-15)18-9-10-22(21(12-18)27(34)35)28-24(31)23(11-17-7-8-17)30-25(32)19-5-3-4-6-20(19)26(30)33/h3-6,9-10,12,15-17,23H,7-8,11,13-14H2,1-2H3,(H,28,31)(H,34,35)/t15-,16?,23-/m0/s1. The Bertz CT molecular complexity index is 1190. The molecular weight excluding hydrogens is 462 g/mol. The zero-order valence-corrected chi connectivity index (χ0v) is 20.3. The Morgan fingerprint density at radius 2 is 1.64 bits per heavy atom. The van der Waals surface area contributed by atoms with Gasteiger partial charge in [0.25, 0.3) is 11.8 Å². The largest absolute Gasteiger partial charge is 0.478 e. The normalized spacial score (nSPS) is 22.4. The third-order valence-corrected chi connectivity index (χ3v) is 6.97. The van der Waals surface area contributed by atoms with Gasteiger partial charge < -0.3 is 20.1 Å². The predicted octanol–water partition coefficient (Wildman–Crippen LogP) is 3.40. The molecule has 2 aromatic rings. The number of ether oxygens (including phenoxy) is 1. The van der Waals surface area contributed by atoms with E-state index < -0.39 is 29.7 Å². The van der Waals surface area contributed by atoms with E-state index in [-0.39, 0.29) is 40.5 Å². The van der Waals surface area contributed by atoms with Crippen molar-refractivity contribution < 1.29 is 29.0 Å². The van der Waals surface area contributed by atoms with Gasteiger partial charge in [0, 0.05) is 18.8 Å². The van der Waals surface area contributed by atoms with Crippen LogP contribution in [0.4, 0.5) is 11.4 Å². The first kappa shape index (κ1) is 24.0. The first-order chi connectivity index (χ1) is 17.2. The van der Waals surface area contributed by atoms with Crippen LogP contribution < -0.4 is 10.2 Å². The molecule has 2 aromatic carbocycles. The fourth-order valence-corrected chi connectivity index (χ4v) is 5.11. The van der Waals surface area contributed by atoms with Gasteiger partial charge in [0.15, 0.2) is 0 Å². The number of carbonyl (C=O) groups is 4. The maximum atomic E-state index is 13.5. The highest BCUT2D eigenvalue weighted by Crippen LogP contribution is 2.37. The van der Waals surface area contributed by atoms with Gasteiger partial charge >= 0.3 is 5.97 Å². The first-order valence-corrected chi connectivity index (χ1v) is 12.3. The molecule has 188 valence electrons. The molecule has 3 amide bonds. The fraction of sp³-hybridized carbons (Fsp3) is 0.407. The molecule has 1 saturated carbocycles. The zero-order chi connectivity index (χ0) is 25.6. The van der Waals surface area contributed by atoms with Crippen LogP contribution in [-0.4, -0.2) is 65.0 Å². The summed E-state index contributed by atoms with van der Waals surface area (Å²) in [5.74, 6) is -2.50. The van der Waals surface area contributed by atoms with Crippen LogP contribution in [-0.2, 0) is 9.53 Å². The molecule has 0 radical (unpaired) electrons. The molecule has 2 fully saturated rings. The lowest BCUT2D eigenvalue weighted by molar-refractivity contribution is -0.120. The van der Waals surface area contributed by atoms with Gasteiger partial charge in [-0.1, -0.05) is 25.0 Å². The van der Waals surface area contributed by atoms with Gasteiger partial charge in [-0.3, -0.25) is 19.3 Å². The lowest BCUT2D eigenvalue weighted by Gasteiger charge is -2.37. The number of nitrogens with zero attached hydrogens (tertiary/aromatic N) is 2. The molecule has 9 heteroatoms. The van der Waals surface area contributed by atoms with Crippen LogP contribution in [0.25, 0.3) is 0 Å². The van der Waals surface area contributed by atoms with Crippen molar-refractivity contribution >= 4 is 35.1 Å². The van der Waals surface area contributed by atoms with E-state index in [1.165, 1.54) is 0 Å². The zero-order valence-electron chi connectivity index (χ0n) is 20.3. The second kappa shape index (κ2) is 9.39. The third-order valence-electron chi connectivity index (χ3n) is 6.97. The summed E-state index contributed by atoms with van der Waals surface area (Å²) in [5.41, 5.74) is 1.35. The van der Waals surface area contributed by atoms with Crippen LogP contribution >= 0.6 is 0 Å². The predicted molar refractivity (Wildman–Crippen MR) is 132 cm³/mol. The summed E-state index contributed by atoms with van der Waals surface area (Å²) in [6, 6.07) is 10.4. The molecule has 1 aliphatic carbocycles. The Balaban J connectivity index is 1.41. The maximum absolute atomic E-state index is 13.5. The van der Waals surface area contributed by atoms with E-state index in [1.807, 2.05) is 13.8 Å². The van der Waals surface area contributed by atoms with Crippen molar-refractivity contribution in [2.75, 3.05) is 23.3 Å². The number of benzene rings is 2. The molecule has 2 aliphatic heterocycles. The highest BCUT2D eigenvalue weighted by molar-refractivity contribution is 6.23. The number of rotatable bonds is 7. The lowest BCUT2D eigenvalue weighted by Crippen LogP contribution is -2.47. The van der Waals surface area contributed by atoms with Crippen LogP contribution in [0, 0.1) is 5.92 Å². The molecule has 9 nitrogen and oxygen atoms in total.